The van der Waals surface area contributed by atoms with Crippen LogP contribution in [0.3, 0.4) is 0 Å². The third kappa shape index (κ3) is 4.84. The Labute approximate surface area is 154 Å². The van der Waals surface area contributed by atoms with Gasteiger partial charge in [-0.3, -0.25) is 9.69 Å². The number of nitrogens with one attached hydrogen (secondary N) is 1. The molecule has 1 N–H and O–H groups in total. The van der Waals surface area contributed by atoms with E-state index >= 15 is 0 Å². The Kier molecular flexibility index (Phi) is 6.63. The minimum Gasteiger partial charge on any atom is -0.496 e. The zero-order valence-corrected chi connectivity index (χ0v) is 15.2. The summed E-state index contributed by atoms with van der Waals surface area (Å²) < 4.78 is 11.0. The zero-order chi connectivity index (χ0) is 18.2. The fourth-order valence-corrected chi connectivity index (χ4v) is 3.32. The first-order valence-corrected chi connectivity index (χ1v) is 9.03. The van der Waals surface area contributed by atoms with Crippen molar-refractivity contribution < 1.29 is 14.3 Å². The largest absolute Gasteiger partial charge is 0.496 e. The fourth-order valence-electron chi connectivity index (χ4n) is 3.32. The Bertz CT molecular complexity index is 699. The van der Waals surface area contributed by atoms with E-state index in [4.69, 9.17) is 9.47 Å². The number of methoxy groups -OCH3 is 1. The molecule has 1 amide bonds. The number of carbonyl (C=O) groups is 1. The number of carbonyl (C=O) groups excluding carboxylic acids is 1. The SMILES string of the molecule is COc1ccccc1C(CNC(=O)Cc1ccccc1)N1CCOCC1. The maximum atomic E-state index is 12.4. The van der Waals surface area contributed by atoms with E-state index in [1.807, 2.05) is 48.5 Å². The van der Waals surface area contributed by atoms with Gasteiger partial charge in [0.05, 0.1) is 32.8 Å². The summed E-state index contributed by atoms with van der Waals surface area (Å²) in [5.41, 5.74) is 2.11. The van der Waals surface area contributed by atoms with Gasteiger partial charge in [-0.05, 0) is 11.6 Å². The van der Waals surface area contributed by atoms with Crippen molar-refractivity contribution in [2.45, 2.75) is 12.5 Å². The van der Waals surface area contributed by atoms with Crippen LogP contribution >= 0.6 is 0 Å². The molecule has 1 fully saturated rings. The van der Waals surface area contributed by atoms with Gasteiger partial charge < -0.3 is 14.8 Å². The molecule has 0 bridgehead atoms. The quantitative estimate of drug-likeness (QED) is 0.830. The molecular weight excluding hydrogens is 328 g/mol. The van der Waals surface area contributed by atoms with Crippen LogP contribution in [0.15, 0.2) is 54.6 Å². The van der Waals surface area contributed by atoms with Crippen LogP contribution in [0, 0.1) is 0 Å². The Balaban J connectivity index is 1.70. The third-order valence-corrected chi connectivity index (χ3v) is 4.68. The normalized spacial score (nSPS) is 16.0. The van der Waals surface area contributed by atoms with Crippen molar-refractivity contribution in [1.29, 1.82) is 0 Å². The van der Waals surface area contributed by atoms with Crippen LogP contribution in [0.4, 0.5) is 0 Å². The Morgan fingerprint density at radius 1 is 1.12 bits per heavy atom. The smallest absolute Gasteiger partial charge is 0.224 e. The molecule has 1 aliphatic heterocycles. The number of para-hydroxylation sites is 1. The molecule has 0 saturated carbocycles. The van der Waals surface area contributed by atoms with Gasteiger partial charge in [0.15, 0.2) is 0 Å². The molecule has 1 aliphatic rings. The van der Waals surface area contributed by atoms with Crippen molar-refractivity contribution in [3.8, 4) is 5.75 Å². The molecular formula is C21H26N2O3. The predicted molar refractivity (Wildman–Crippen MR) is 101 cm³/mol. The summed E-state index contributed by atoms with van der Waals surface area (Å²) in [7, 11) is 1.68. The monoisotopic (exact) mass is 354 g/mol. The van der Waals surface area contributed by atoms with Gasteiger partial charge in [0, 0.05) is 25.2 Å². The molecule has 5 nitrogen and oxygen atoms in total. The van der Waals surface area contributed by atoms with E-state index in [9.17, 15) is 4.79 Å². The van der Waals surface area contributed by atoms with E-state index in [0.29, 0.717) is 26.2 Å². The van der Waals surface area contributed by atoms with Crippen molar-refractivity contribution >= 4 is 5.91 Å². The third-order valence-electron chi connectivity index (χ3n) is 4.68. The fraction of sp³-hybridized carbons (Fsp3) is 0.381. The van der Waals surface area contributed by atoms with Crippen molar-refractivity contribution in [2.24, 2.45) is 0 Å². The summed E-state index contributed by atoms with van der Waals surface area (Å²) in [6, 6.07) is 17.9. The molecule has 1 heterocycles. The first-order valence-electron chi connectivity index (χ1n) is 9.03. The van der Waals surface area contributed by atoms with Crippen LogP contribution in [0.2, 0.25) is 0 Å². The maximum absolute atomic E-state index is 12.4. The lowest BCUT2D eigenvalue weighted by molar-refractivity contribution is -0.120. The van der Waals surface area contributed by atoms with Crippen LogP contribution in [-0.4, -0.2) is 50.8 Å². The number of rotatable bonds is 7. The molecule has 1 saturated heterocycles. The number of nitrogens with zero attached hydrogens (tertiary/aromatic N) is 1. The van der Waals surface area contributed by atoms with E-state index < -0.39 is 0 Å². The van der Waals surface area contributed by atoms with Gasteiger partial charge in [0.2, 0.25) is 5.91 Å². The average Bonchev–Trinajstić information content (AvgIpc) is 2.70. The van der Waals surface area contributed by atoms with Crippen LogP contribution < -0.4 is 10.1 Å². The molecule has 1 atom stereocenters. The van der Waals surface area contributed by atoms with E-state index in [-0.39, 0.29) is 11.9 Å². The highest BCUT2D eigenvalue weighted by molar-refractivity contribution is 5.78. The highest BCUT2D eigenvalue weighted by atomic mass is 16.5. The highest BCUT2D eigenvalue weighted by Crippen LogP contribution is 2.29. The molecule has 2 aromatic carbocycles. The van der Waals surface area contributed by atoms with Gasteiger partial charge in [0.25, 0.3) is 0 Å². The number of ether oxygens (including phenoxy) is 2. The van der Waals surface area contributed by atoms with Crippen LogP contribution in [0.25, 0.3) is 0 Å². The lowest BCUT2D eigenvalue weighted by Gasteiger charge is -2.35. The number of amides is 1. The molecule has 26 heavy (non-hydrogen) atoms. The minimum absolute atomic E-state index is 0.0318. The molecule has 3 rings (SSSR count). The Hall–Kier alpha value is -2.37. The summed E-state index contributed by atoms with van der Waals surface area (Å²) in [4.78, 5) is 14.8. The summed E-state index contributed by atoms with van der Waals surface area (Å²) in [5, 5.41) is 3.10. The van der Waals surface area contributed by atoms with E-state index in [2.05, 4.69) is 16.3 Å². The van der Waals surface area contributed by atoms with Crippen molar-refractivity contribution in [1.82, 2.24) is 10.2 Å². The maximum Gasteiger partial charge on any atom is 0.224 e. The molecule has 1 unspecified atom stereocenters. The molecule has 0 aromatic heterocycles. The second-order valence-electron chi connectivity index (χ2n) is 6.37. The second-order valence-corrected chi connectivity index (χ2v) is 6.37. The van der Waals surface area contributed by atoms with Gasteiger partial charge in [-0.1, -0.05) is 48.5 Å². The summed E-state index contributed by atoms with van der Waals surface area (Å²) in [6.45, 7) is 3.66. The summed E-state index contributed by atoms with van der Waals surface area (Å²) >= 11 is 0. The van der Waals surface area contributed by atoms with Gasteiger partial charge in [0.1, 0.15) is 5.75 Å². The predicted octanol–water partition coefficient (Wildman–Crippen LogP) is 2.43. The van der Waals surface area contributed by atoms with Crippen LogP contribution in [-0.2, 0) is 16.0 Å². The first-order chi connectivity index (χ1) is 12.8. The standard InChI is InChI=1S/C21H26N2O3/c1-25-20-10-6-5-9-18(20)19(23-11-13-26-14-12-23)16-22-21(24)15-17-7-3-2-4-8-17/h2-10,19H,11-16H2,1H3,(H,22,24). The van der Waals surface area contributed by atoms with Gasteiger partial charge in [-0.15, -0.1) is 0 Å². The summed E-state index contributed by atoms with van der Waals surface area (Å²) in [6.07, 6.45) is 0.391. The lowest BCUT2D eigenvalue weighted by Crippen LogP contribution is -2.44. The van der Waals surface area contributed by atoms with Gasteiger partial charge >= 0.3 is 0 Å². The zero-order valence-electron chi connectivity index (χ0n) is 15.2. The van der Waals surface area contributed by atoms with E-state index in [0.717, 1.165) is 30.0 Å². The Morgan fingerprint density at radius 3 is 2.54 bits per heavy atom. The van der Waals surface area contributed by atoms with Crippen molar-refractivity contribution in [3.05, 3.63) is 65.7 Å². The lowest BCUT2D eigenvalue weighted by atomic mass is 10.0. The molecule has 0 spiro atoms. The molecule has 138 valence electrons. The van der Waals surface area contributed by atoms with Crippen molar-refractivity contribution in [2.75, 3.05) is 40.0 Å². The topological polar surface area (TPSA) is 50.8 Å². The molecule has 0 radical (unpaired) electrons. The van der Waals surface area contributed by atoms with E-state index in [1.54, 1.807) is 7.11 Å². The Morgan fingerprint density at radius 2 is 1.81 bits per heavy atom. The van der Waals surface area contributed by atoms with E-state index in [1.165, 1.54) is 0 Å². The average molecular weight is 354 g/mol. The number of hydrogen-bond donors (Lipinski definition) is 1. The van der Waals surface area contributed by atoms with Crippen molar-refractivity contribution in [3.63, 3.8) is 0 Å². The second kappa shape index (κ2) is 9.36. The van der Waals surface area contributed by atoms with Crippen LogP contribution in [0.1, 0.15) is 17.2 Å². The number of hydrogen-bond acceptors (Lipinski definition) is 4. The first kappa shape index (κ1) is 18.4. The van der Waals surface area contributed by atoms with Gasteiger partial charge in [-0.2, -0.15) is 0 Å². The summed E-state index contributed by atoms with van der Waals surface area (Å²) in [5.74, 6) is 0.880. The van der Waals surface area contributed by atoms with Gasteiger partial charge in [-0.25, -0.2) is 0 Å². The number of benzene rings is 2. The molecule has 0 aliphatic carbocycles. The minimum atomic E-state index is 0.0318. The number of morpholine rings is 1. The molecule has 5 heteroatoms. The van der Waals surface area contributed by atoms with Crippen LogP contribution in [0.5, 0.6) is 5.75 Å². The molecule has 2 aromatic rings. The highest BCUT2D eigenvalue weighted by Gasteiger charge is 2.25.